The SMILES string of the molecule is CCc1cc(N(C)CC2CCCNC2)ccc1OC. The van der Waals surface area contributed by atoms with Gasteiger partial charge in [-0.05, 0) is 62.0 Å². The fraction of sp³-hybridized carbons (Fsp3) is 0.625. The van der Waals surface area contributed by atoms with Crippen molar-refractivity contribution in [1.82, 2.24) is 5.32 Å². The minimum atomic E-state index is 0.769. The number of piperidine rings is 1. The molecule has 1 aliphatic rings. The van der Waals surface area contributed by atoms with Crippen molar-refractivity contribution in [2.45, 2.75) is 26.2 Å². The predicted molar refractivity (Wildman–Crippen MR) is 81.2 cm³/mol. The molecule has 1 aliphatic heterocycles. The molecule has 1 N–H and O–H groups in total. The van der Waals surface area contributed by atoms with Crippen LogP contribution >= 0.6 is 0 Å². The van der Waals surface area contributed by atoms with E-state index in [4.69, 9.17) is 4.74 Å². The molecule has 1 atom stereocenters. The minimum absolute atomic E-state index is 0.769. The van der Waals surface area contributed by atoms with Gasteiger partial charge in [0.1, 0.15) is 5.75 Å². The van der Waals surface area contributed by atoms with Crippen LogP contribution in [0.2, 0.25) is 0 Å². The molecule has 3 nitrogen and oxygen atoms in total. The topological polar surface area (TPSA) is 24.5 Å². The molecule has 1 aromatic carbocycles. The van der Waals surface area contributed by atoms with Gasteiger partial charge in [0.05, 0.1) is 7.11 Å². The van der Waals surface area contributed by atoms with E-state index < -0.39 is 0 Å². The fourth-order valence-corrected chi connectivity index (χ4v) is 2.85. The van der Waals surface area contributed by atoms with Crippen molar-refractivity contribution < 1.29 is 4.74 Å². The van der Waals surface area contributed by atoms with Gasteiger partial charge in [0.2, 0.25) is 0 Å². The molecule has 0 bridgehead atoms. The van der Waals surface area contributed by atoms with E-state index in [2.05, 4.69) is 42.4 Å². The van der Waals surface area contributed by atoms with Crippen molar-refractivity contribution >= 4 is 5.69 Å². The normalized spacial score (nSPS) is 19.2. The second-order valence-electron chi connectivity index (χ2n) is 5.44. The first-order valence-corrected chi connectivity index (χ1v) is 7.33. The van der Waals surface area contributed by atoms with Crippen molar-refractivity contribution in [1.29, 1.82) is 0 Å². The highest BCUT2D eigenvalue weighted by molar-refractivity contribution is 5.52. The first-order chi connectivity index (χ1) is 9.24. The van der Waals surface area contributed by atoms with E-state index in [1.807, 2.05) is 0 Å². The van der Waals surface area contributed by atoms with Gasteiger partial charge < -0.3 is 15.0 Å². The van der Waals surface area contributed by atoms with E-state index >= 15 is 0 Å². The van der Waals surface area contributed by atoms with E-state index in [1.54, 1.807) is 7.11 Å². The summed E-state index contributed by atoms with van der Waals surface area (Å²) in [6.45, 7) is 5.64. The maximum atomic E-state index is 5.39. The fourth-order valence-electron chi connectivity index (χ4n) is 2.85. The molecule has 19 heavy (non-hydrogen) atoms. The van der Waals surface area contributed by atoms with Crippen LogP contribution in [-0.2, 0) is 6.42 Å². The molecule has 3 heteroatoms. The zero-order valence-corrected chi connectivity index (χ0v) is 12.4. The summed E-state index contributed by atoms with van der Waals surface area (Å²) in [4.78, 5) is 2.37. The van der Waals surface area contributed by atoms with Crippen LogP contribution in [0.5, 0.6) is 5.75 Å². The van der Waals surface area contributed by atoms with Gasteiger partial charge >= 0.3 is 0 Å². The Bertz CT molecular complexity index is 400. The third kappa shape index (κ3) is 3.63. The minimum Gasteiger partial charge on any atom is -0.496 e. The molecule has 106 valence electrons. The number of nitrogens with zero attached hydrogens (tertiary/aromatic N) is 1. The third-order valence-corrected chi connectivity index (χ3v) is 4.02. The number of benzene rings is 1. The van der Waals surface area contributed by atoms with E-state index in [0.29, 0.717) is 0 Å². The number of hydrogen-bond acceptors (Lipinski definition) is 3. The summed E-state index contributed by atoms with van der Waals surface area (Å²) in [5, 5.41) is 3.49. The maximum absolute atomic E-state index is 5.39. The summed E-state index contributed by atoms with van der Waals surface area (Å²) in [7, 11) is 3.93. The summed E-state index contributed by atoms with van der Waals surface area (Å²) in [5.41, 5.74) is 2.58. The van der Waals surface area contributed by atoms with Gasteiger partial charge in [0.25, 0.3) is 0 Å². The molecule has 0 aliphatic carbocycles. The second kappa shape index (κ2) is 6.80. The van der Waals surface area contributed by atoms with Gasteiger partial charge in [0.15, 0.2) is 0 Å². The maximum Gasteiger partial charge on any atom is 0.122 e. The van der Waals surface area contributed by atoms with Gasteiger partial charge in [0, 0.05) is 19.3 Å². The molecule has 0 saturated carbocycles. The van der Waals surface area contributed by atoms with Crippen LogP contribution in [0.1, 0.15) is 25.3 Å². The quantitative estimate of drug-likeness (QED) is 0.883. The van der Waals surface area contributed by atoms with Crippen LogP contribution in [0.15, 0.2) is 18.2 Å². The molecule has 2 rings (SSSR count). The number of aryl methyl sites for hydroxylation is 1. The van der Waals surface area contributed by atoms with Gasteiger partial charge in [-0.25, -0.2) is 0 Å². The Labute approximate surface area is 116 Å². The van der Waals surface area contributed by atoms with Crippen molar-refractivity contribution in [3.8, 4) is 5.75 Å². The summed E-state index contributed by atoms with van der Waals surface area (Å²) < 4.78 is 5.39. The molecule has 1 aromatic rings. The monoisotopic (exact) mass is 262 g/mol. The lowest BCUT2D eigenvalue weighted by Gasteiger charge is -2.29. The highest BCUT2D eigenvalue weighted by Gasteiger charge is 2.15. The lowest BCUT2D eigenvalue weighted by Crippen LogP contribution is -2.36. The summed E-state index contributed by atoms with van der Waals surface area (Å²) in [5.74, 6) is 1.77. The Morgan fingerprint density at radius 2 is 2.26 bits per heavy atom. The summed E-state index contributed by atoms with van der Waals surface area (Å²) in [6, 6.07) is 6.51. The summed E-state index contributed by atoms with van der Waals surface area (Å²) in [6.07, 6.45) is 3.66. The number of rotatable bonds is 5. The number of ether oxygens (including phenoxy) is 1. The zero-order chi connectivity index (χ0) is 13.7. The second-order valence-corrected chi connectivity index (χ2v) is 5.44. The molecule has 0 aromatic heterocycles. The van der Waals surface area contributed by atoms with Crippen LogP contribution in [0.4, 0.5) is 5.69 Å². The molecule has 1 unspecified atom stereocenters. The van der Waals surface area contributed by atoms with Gasteiger partial charge in [-0.3, -0.25) is 0 Å². The van der Waals surface area contributed by atoms with Crippen LogP contribution < -0.4 is 15.0 Å². The lowest BCUT2D eigenvalue weighted by atomic mass is 9.99. The highest BCUT2D eigenvalue weighted by atomic mass is 16.5. The first-order valence-electron chi connectivity index (χ1n) is 7.33. The van der Waals surface area contributed by atoms with E-state index in [-0.39, 0.29) is 0 Å². The van der Waals surface area contributed by atoms with Crippen LogP contribution in [0.3, 0.4) is 0 Å². The molecular formula is C16H26N2O. The van der Waals surface area contributed by atoms with Crippen molar-refractivity contribution in [3.63, 3.8) is 0 Å². The van der Waals surface area contributed by atoms with Crippen LogP contribution in [-0.4, -0.2) is 33.8 Å². The number of anilines is 1. The molecular weight excluding hydrogens is 236 g/mol. The standard InChI is InChI=1S/C16H26N2O/c1-4-14-10-15(7-8-16(14)19-3)18(2)12-13-6-5-9-17-11-13/h7-8,10,13,17H,4-6,9,11-12H2,1-3H3. The molecule has 1 fully saturated rings. The highest BCUT2D eigenvalue weighted by Crippen LogP contribution is 2.25. The van der Waals surface area contributed by atoms with E-state index in [0.717, 1.165) is 31.2 Å². The largest absolute Gasteiger partial charge is 0.496 e. The van der Waals surface area contributed by atoms with E-state index in [1.165, 1.54) is 30.6 Å². The Kier molecular flexibility index (Phi) is 5.08. The first kappa shape index (κ1) is 14.2. The van der Waals surface area contributed by atoms with Crippen LogP contribution in [0.25, 0.3) is 0 Å². The summed E-state index contributed by atoms with van der Waals surface area (Å²) >= 11 is 0. The molecule has 0 radical (unpaired) electrons. The van der Waals surface area contributed by atoms with Gasteiger partial charge in [-0.1, -0.05) is 6.92 Å². The van der Waals surface area contributed by atoms with Crippen molar-refractivity contribution in [2.75, 3.05) is 38.7 Å². The van der Waals surface area contributed by atoms with Gasteiger partial charge in [-0.2, -0.15) is 0 Å². The Morgan fingerprint density at radius 1 is 1.42 bits per heavy atom. The molecule has 1 heterocycles. The average Bonchev–Trinajstić information content (AvgIpc) is 2.47. The molecule has 0 amide bonds. The van der Waals surface area contributed by atoms with Gasteiger partial charge in [-0.15, -0.1) is 0 Å². The third-order valence-electron chi connectivity index (χ3n) is 4.02. The number of hydrogen-bond donors (Lipinski definition) is 1. The van der Waals surface area contributed by atoms with Crippen LogP contribution in [0, 0.1) is 5.92 Å². The number of methoxy groups -OCH3 is 1. The Balaban J connectivity index is 2.03. The average molecular weight is 262 g/mol. The van der Waals surface area contributed by atoms with Crippen molar-refractivity contribution in [2.24, 2.45) is 5.92 Å². The predicted octanol–water partition coefficient (Wildman–Crippen LogP) is 2.69. The smallest absolute Gasteiger partial charge is 0.122 e. The molecule has 1 saturated heterocycles. The Morgan fingerprint density at radius 3 is 2.89 bits per heavy atom. The Hall–Kier alpha value is -1.22. The van der Waals surface area contributed by atoms with E-state index in [9.17, 15) is 0 Å². The molecule has 0 spiro atoms. The number of nitrogens with one attached hydrogen (secondary N) is 1. The lowest BCUT2D eigenvalue weighted by molar-refractivity contribution is 0.381. The zero-order valence-electron chi connectivity index (χ0n) is 12.4. The van der Waals surface area contributed by atoms with Crippen molar-refractivity contribution in [3.05, 3.63) is 23.8 Å².